The number of halogens is 1. The second-order valence-electron chi connectivity index (χ2n) is 11.3. The van der Waals surface area contributed by atoms with Crippen LogP contribution in [0.4, 0.5) is 10.2 Å². The minimum Gasteiger partial charge on any atom is -0.341 e. The Kier molecular flexibility index (Phi) is 7.11. The summed E-state index contributed by atoms with van der Waals surface area (Å²) in [6.45, 7) is 11.9. The number of fused-ring (bicyclic) bond motifs is 1. The van der Waals surface area contributed by atoms with Crippen molar-refractivity contribution in [2.45, 2.75) is 58.1 Å². The number of nitrogens with zero attached hydrogens (tertiary/aromatic N) is 4. The lowest BCUT2D eigenvalue weighted by Crippen LogP contribution is -2.43. The molecule has 38 heavy (non-hydrogen) atoms. The number of hydrogen-bond acceptors (Lipinski definition) is 4. The van der Waals surface area contributed by atoms with E-state index in [0.29, 0.717) is 5.82 Å². The first kappa shape index (κ1) is 26.5. The van der Waals surface area contributed by atoms with E-state index >= 15 is 0 Å². The standard InChI is InChI=1S/C30H35FN4O2S/c1-19-9-8-10-23(20(19)2)35-29-26(28(32-35)30(3,4)5)27(21-11-13-22(31)14-12-21)38-18-25(37)34(29)17-24(36)33-15-6-7-16-33/h8-14,27H,6-7,15-18H2,1-5H3. The number of likely N-dealkylation sites (tertiary alicyclic amines) is 1. The van der Waals surface area contributed by atoms with Gasteiger partial charge in [0.25, 0.3) is 0 Å². The number of hydrogen-bond donors (Lipinski definition) is 0. The van der Waals surface area contributed by atoms with Gasteiger partial charge in [0.1, 0.15) is 18.2 Å². The van der Waals surface area contributed by atoms with Crippen molar-refractivity contribution in [3.8, 4) is 5.69 Å². The van der Waals surface area contributed by atoms with Crippen molar-refractivity contribution < 1.29 is 14.0 Å². The van der Waals surface area contributed by atoms with Crippen LogP contribution in [-0.2, 0) is 15.0 Å². The SMILES string of the molecule is Cc1cccc(-n2nc(C(C)(C)C)c3c2N(CC(=O)N2CCCC2)C(=O)CSC3c2ccc(F)cc2)c1C. The quantitative estimate of drug-likeness (QED) is 0.430. The molecule has 0 saturated carbocycles. The average Bonchev–Trinajstić information content (AvgIpc) is 3.52. The number of carbonyl (C=O) groups is 2. The number of aromatic nitrogens is 2. The van der Waals surface area contributed by atoms with Gasteiger partial charge in [-0.2, -0.15) is 5.10 Å². The summed E-state index contributed by atoms with van der Waals surface area (Å²) in [5.74, 6) is 0.378. The van der Waals surface area contributed by atoms with Gasteiger partial charge in [0, 0.05) is 24.1 Å². The highest BCUT2D eigenvalue weighted by molar-refractivity contribution is 8.00. The van der Waals surface area contributed by atoms with Gasteiger partial charge in [0.05, 0.1) is 22.4 Å². The zero-order valence-corrected chi connectivity index (χ0v) is 23.6. The molecular formula is C30H35FN4O2S. The molecule has 2 aliphatic rings. The highest BCUT2D eigenvalue weighted by atomic mass is 32.2. The van der Waals surface area contributed by atoms with Gasteiger partial charge < -0.3 is 4.90 Å². The van der Waals surface area contributed by atoms with Crippen LogP contribution < -0.4 is 4.90 Å². The third-order valence-corrected chi connectivity index (χ3v) is 8.78. The fraction of sp³-hybridized carbons (Fsp3) is 0.433. The highest BCUT2D eigenvalue weighted by Crippen LogP contribution is 2.48. The molecule has 1 fully saturated rings. The van der Waals surface area contributed by atoms with E-state index in [2.05, 4.69) is 40.7 Å². The van der Waals surface area contributed by atoms with E-state index < -0.39 is 0 Å². The Labute approximate surface area is 228 Å². The molecule has 2 aliphatic heterocycles. The van der Waals surface area contributed by atoms with E-state index in [1.165, 1.54) is 23.9 Å². The summed E-state index contributed by atoms with van der Waals surface area (Å²) >= 11 is 1.51. The van der Waals surface area contributed by atoms with Crippen LogP contribution in [0.5, 0.6) is 0 Å². The van der Waals surface area contributed by atoms with Gasteiger partial charge >= 0.3 is 0 Å². The van der Waals surface area contributed by atoms with E-state index in [0.717, 1.165) is 59.6 Å². The van der Waals surface area contributed by atoms with Crippen LogP contribution in [0.2, 0.25) is 0 Å². The maximum Gasteiger partial charge on any atom is 0.242 e. The Hall–Kier alpha value is -3.13. The fourth-order valence-electron chi connectivity index (χ4n) is 5.31. The second-order valence-corrected chi connectivity index (χ2v) is 12.4. The molecule has 2 aromatic carbocycles. The predicted octanol–water partition coefficient (Wildman–Crippen LogP) is 5.72. The van der Waals surface area contributed by atoms with Crippen LogP contribution in [0.25, 0.3) is 5.69 Å². The zero-order chi connectivity index (χ0) is 27.2. The van der Waals surface area contributed by atoms with Crippen LogP contribution in [-0.4, -0.2) is 51.9 Å². The number of thioether (sulfide) groups is 1. The smallest absolute Gasteiger partial charge is 0.242 e. The van der Waals surface area contributed by atoms with Gasteiger partial charge in [0.15, 0.2) is 0 Å². The van der Waals surface area contributed by atoms with Crippen molar-refractivity contribution >= 4 is 29.4 Å². The molecule has 1 saturated heterocycles. The van der Waals surface area contributed by atoms with Gasteiger partial charge in [-0.05, 0) is 61.6 Å². The summed E-state index contributed by atoms with van der Waals surface area (Å²) in [5.41, 5.74) is 5.40. The van der Waals surface area contributed by atoms with Crippen LogP contribution in [0.3, 0.4) is 0 Å². The lowest BCUT2D eigenvalue weighted by atomic mass is 9.87. The first-order valence-corrected chi connectivity index (χ1v) is 14.3. The number of aryl methyl sites for hydroxylation is 1. The van der Waals surface area contributed by atoms with Crippen molar-refractivity contribution in [3.05, 3.63) is 76.2 Å². The Bertz CT molecular complexity index is 1370. The van der Waals surface area contributed by atoms with E-state index in [1.54, 1.807) is 17.0 Å². The Morgan fingerprint density at radius 1 is 1.08 bits per heavy atom. The van der Waals surface area contributed by atoms with Crippen molar-refractivity contribution in [1.29, 1.82) is 0 Å². The van der Waals surface area contributed by atoms with Crippen molar-refractivity contribution in [2.75, 3.05) is 30.3 Å². The van der Waals surface area contributed by atoms with E-state index in [-0.39, 0.29) is 40.6 Å². The molecule has 8 heteroatoms. The van der Waals surface area contributed by atoms with Crippen LogP contribution in [0.1, 0.15) is 66.8 Å². The summed E-state index contributed by atoms with van der Waals surface area (Å²) in [6.07, 6.45) is 1.98. The molecule has 0 N–H and O–H groups in total. The summed E-state index contributed by atoms with van der Waals surface area (Å²) in [6, 6.07) is 12.6. The minimum atomic E-state index is -0.343. The Balaban J connectivity index is 1.78. The maximum absolute atomic E-state index is 13.9. The summed E-state index contributed by atoms with van der Waals surface area (Å²) < 4.78 is 15.8. The van der Waals surface area contributed by atoms with Crippen molar-refractivity contribution in [1.82, 2.24) is 14.7 Å². The number of anilines is 1. The molecule has 1 atom stereocenters. The first-order valence-electron chi connectivity index (χ1n) is 13.2. The van der Waals surface area contributed by atoms with E-state index in [4.69, 9.17) is 5.10 Å². The monoisotopic (exact) mass is 534 g/mol. The molecule has 6 nitrogen and oxygen atoms in total. The van der Waals surface area contributed by atoms with Gasteiger partial charge in [-0.15, -0.1) is 11.8 Å². The van der Waals surface area contributed by atoms with E-state index in [9.17, 15) is 14.0 Å². The molecule has 0 radical (unpaired) electrons. The normalized spacial score (nSPS) is 18.1. The maximum atomic E-state index is 13.9. The molecule has 2 amide bonds. The predicted molar refractivity (Wildman–Crippen MR) is 151 cm³/mol. The number of rotatable bonds is 4. The van der Waals surface area contributed by atoms with Crippen LogP contribution in [0, 0.1) is 19.7 Å². The second kappa shape index (κ2) is 10.2. The molecule has 0 spiro atoms. The topological polar surface area (TPSA) is 58.4 Å². The van der Waals surface area contributed by atoms with Gasteiger partial charge in [-0.3, -0.25) is 14.5 Å². The Morgan fingerprint density at radius 3 is 2.42 bits per heavy atom. The molecule has 0 bridgehead atoms. The molecule has 3 aromatic rings. The van der Waals surface area contributed by atoms with Crippen LogP contribution >= 0.6 is 11.8 Å². The molecule has 1 aromatic heterocycles. The molecular weight excluding hydrogens is 499 g/mol. The zero-order valence-electron chi connectivity index (χ0n) is 22.8. The minimum absolute atomic E-state index is 0.0251. The summed E-state index contributed by atoms with van der Waals surface area (Å²) in [5, 5.41) is 4.93. The third kappa shape index (κ3) is 4.86. The van der Waals surface area contributed by atoms with E-state index in [1.807, 2.05) is 21.7 Å². The van der Waals surface area contributed by atoms with Crippen LogP contribution in [0.15, 0.2) is 42.5 Å². The van der Waals surface area contributed by atoms with Crippen molar-refractivity contribution in [2.24, 2.45) is 0 Å². The largest absolute Gasteiger partial charge is 0.341 e. The fourth-order valence-corrected chi connectivity index (χ4v) is 6.51. The Morgan fingerprint density at radius 2 is 1.76 bits per heavy atom. The lowest BCUT2D eigenvalue weighted by molar-refractivity contribution is -0.130. The number of carbonyl (C=O) groups excluding carboxylic acids is 2. The average molecular weight is 535 g/mol. The van der Waals surface area contributed by atoms with Gasteiger partial charge in [-0.1, -0.05) is 45.0 Å². The summed E-state index contributed by atoms with van der Waals surface area (Å²) in [4.78, 5) is 30.7. The molecule has 1 unspecified atom stereocenters. The molecule has 3 heterocycles. The lowest BCUT2D eigenvalue weighted by Gasteiger charge is -2.26. The van der Waals surface area contributed by atoms with Gasteiger partial charge in [-0.25, -0.2) is 9.07 Å². The third-order valence-electron chi connectivity index (χ3n) is 7.53. The number of benzene rings is 2. The van der Waals surface area contributed by atoms with Crippen molar-refractivity contribution in [3.63, 3.8) is 0 Å². The number of amides is 2. The molecule has 5 rings (SSSR count). The molecule has 0 aliphatic carbocycles. The van der Waals surface area contributed by atoms with Gasteiger partial charge in [0.2, 0.25) is 11.8 Å². The highest BCUT2D eigenvalue weighted by Gasteiger charge is 2.40. The molecule has 200 valence electrons. The first-order chi connectivity index (χ1) is 18.1. The summed E-state index contributed by atoms with van der Waals surface area (Å²) in [7, 11) is 0.